The Morgan fingerprint density at radius 1 is 1.46 bits per heavy atom. The Labute approximate surface area is 160 Å². The Kier molecular flexibility index (Phi) is 7.74. The third-order valence-corrected chi connectivity index (χ3v) is 4.26. The summed E-state index contributed by atoms with van der Waals surface area (Å²) in [6.45, 7) is 3.50. The van der Waals surface area contributed by atoms with Crippen LogP contribution in [0.5, 0.6) is 0 Å². The van der Waals surface area contributed by atoms with E-state index in [2.05, 4.69) is 10.3 Å². The average Bonchev–Trinajstić information content (AvgIpc) is 2.97. The lowest BCUT2D eigenvalue weighted by atomic mass is 10.1. The zero-order valence-electron chi connectivity index (χ0n) is 15.7. The molecule has 0 bridgehead atoms. The number of aryl methyl sites for hydroxylation is 1. The van der Waals surface area contributed by atoms with Gasteiger partial charge in [0.15, 0.2) is 6.23 Å². The number of amides is 1. The highest BCUT2D eigenvalue weighted by molar-refractivity contribution is 5.67. The summed E-state index contributed by atoms with van der Waals surface area (Å²) >= 11 is 0. The fourth-order valence-corrected chi connectivity index (χ4v) is 2.82. The van der Waals surface area contributed by atoms with Crippen molar-refractivity contribution >= 4 is 6.09 Å². The van der Waals surface area contributed by atoms with Crippen LogP contribution in [0.1, 0.15) is 31.6 Å². The number of H-pyrrole nitrogens is 1. The molecule has 1 aromatic heterocycles. The molecule has 0 aromatic carbocycles. The molecule has 1 aliphatic rings. The molecular weight excluding hydrogens is 372 g/mol. The molecule has 1 saturated heterocycles. The first-order valence-corrected chi connectivity index (χ1v) is 8.93. The Balaban J connectivity index is 2.01. The third-order valence-electron chi connectivity index (χ3n) is 4.26. The zero-order chi connectivity index (χ0) is 20.7. The molecule has 2 rings (SSSR count). The quantitative estimate of drug-likeness (QED) is 0.498. The highest BCUT2D eigenvalue weighted by Crippen LogP contribution is 2.32. The van der Waals surface area contributed by atoms with Crippen LogP contribution >= 0.6 is 0 Å². The van der Waals surface area contributed by atoms with E-state index in [-0.39, 0.29) is 26.2 Å². The van der Waals surface area contributed by atoms with Gasteiger partial charge in [0.05, 0.1) is 25.2 Å². The predicted octanol–water partition coefficient (Wildman–Crippen LogP) is -0.462. The smallest absolute Gasteiger partial charge is 0.407 e. The van der Waals surface area contributed by atoms with Crippen LogP contribution in [0.25, 0.3) is 0 Å². The van der Waals surface area contributed by atoms with Gasteiger partial charge in [-0.2, -0.15) is 5.26 Å². The number of rotatable bonds is 8. The molecule has 1 amide bonds. The lowest BCUT2D eigenvalue weighted by Gasteiger charge is -2.22. The van der Waals surface area contributed by atoms with Crippen LogP contribution in [-0.2, 0) is 14.2 Å². The van der Waals surface area contributed by atoms with Crippen LogP contribution in [-0.4, -0.2) is 58.8 Å². The summed E-state index contributed by atoms with van der Waals surface area (Å²) in [5.74, 6) is 0. The molecule has 2 heterocycles. The molecule has 0 spiro atoms. The van der Waals surface area contributed by atoms with Crippen LogP contribution in [0.4, 0.5) is 4.79 Å². The van der Waals surface area contributed by atoms with Crippen molar-refractivity contribution in [3.8, 4) is 6.07 Å². The van der Waals surface area contributed by atoms with Crippen LogP contribution in [0.15, 0.2) is 15.8 Å². The minimum Gasteiger partial charge on any atom is -0.448 e. The summed E-state index contributed by atoms with van der Waals surface area (Å²) in [5, 5.41) is 21.3. The molecule has 1 fully saturated rings. The number of hydrogen-bond donors (Lipinski definition) is 3. The minimum atomic E-state index is -0.989. The largest absolute Gasteiger partial charge is 0.448 e. The summed E-state index contributed by atoms with van der Waals surface area (Å²) < 4.78 is 17.4. The van der Waals surface area contributed by atoms with E-state index in [4.69, 9.17) is 19.5 Å². The van der Waals surface area contributed by atoms with Crippen molar-refractivity contribution in [3.05, 3.63) is 32.6 Å². The molecule has 0 saturated carbocycles. The van der Waals surface area contributed by atoms with Crippen molar-refractivity contribution < 1.29 is 24.1 Å². The van der Waals surface area contributed by atoms with Gasteiger partial charge in [0.2, 0.25) is 0 Å². The molecular formula is C17H24N4O7. The van der Waals surface area contributed by atoms with Gasteiger partial charge in [-0.3, -0.25) is 14.3 Å². The van der Waals surface area contributed by atoms with Gasteiger partial charge < -0.3 is 24.6 Å². The first-order chi connectivity index (χ1) is 13.4. The molecule has 0 aliphatic carbocycles. The molecule has 28 heavy (non-hydrogen) atoms. The average molecular weight is 396 g/mol. The van der Waals surface area contributed by atoms with Crippen molar-refractivity contribution in [2.45, 2.75) is 51.2 Å². The number of aromatic amines is 1. The lowest BCUT2D eigenvalue weighted by Crippen LogP contribution is -2.41. The topological polar surface area (TPSA) is 156 Å². The van der Waals surface area contributed by atoms with Gasteiger partial charge in [-0.25, -0.2) is 9.59 Å². The number of aromatic nitrogens is 2. The predicted molar refractivity (Wildman–Crippen MR) is 95.6 cm³/mol. The summed E-state index contributed by atoms with van der Waals surface area (Å²) in [4.78, 5) is 37.4. The molecule has 3 N–H and O–H groups in total. The van der Waals surface area contributed by atoms with Gasteiger partial charge in [0.1, 0.15) is 18.8 Å². The Morgan fingerprint density at radius 2 is 2.21 bits per heavy atom. The van der Waals surface area contributed by atoms with Gasteiger partial charge >= 0.3 is 11.8 Å². The second kappa shape index (κ2) is 10.0. The second-order valence-corrected chi connectivity index (χ2v) is 6.25. The number of nitriles is 1. The van der Waals surface area contributed by atoms with Crippen molar-refractivity contribution in [3.63, 3.8) is 0 Å². The summed E-state index contributed by atoms with van der Waals surface area (Å²) in [6.07, 6.45) is -2.05. The van der Waals surface area contributed by atoms with E-state index >= 15 is 0 Å². The highest BCUT2D eigenvalue weighted by Gasteiger charge is 2.45. The lowest BCUT2D eigenvalue weighted by molar-refractivity contribution is -0.0695. The molecule has 1 aromatic rings. The number of aliphatic hydroxyl groups excluding tert-OH is 1. The molecule has 154 valence electrons. The van der Waals surface area contributed by atoms with Crippen LogP contribution in [0, 0.1) is 18.3 Å². The van der Waals surface area contributed by atoms with E-state index in [9.17, 15) is 19.5 Å². The monoisotopic (exact) mass is 396 g/mol. The number of aliphatic hydroxyl groups is 1. The minimum absolute atomic E-state index is 0.00684. The highest BCUT2D eigenvalue weighted by atomic mass is 16.6. The fraction of sp³-hybridized carbons (Fsp3) is 0.647. The molecule has 1 aliphatic heterocycles. The maximum absolute atomic E-state index is 12.2. The van der Waals surface area contributed by atoms with Gasteiger partial charge in [-0.05, 0) is 13.3 Å². The summed E-state index contributed by atoms with van der Waals surface area (Å²) in [5.41, 5.74) is -0.848. The zero-order valence-corrected chi connectivity index (χ0v) is 15.7. The van der Waals surface area contributed by atoms with E-state index in [0.29, 0.717) is 12.0 Å². The number of hydrogen-bond acceptors (Lipinski definition) is 8. The van der Waals surface area contributed by atoms with E-state index in [1.54, 1.807) is 6.92 Å². The standard InChI is InChI=1S/C17H24N4O7/c1-3-11-12(22)13(26-8-6-19-17(25)27-7-4-5-18)15(28-11)21-9-10(2)14(23)20-16(21)24/h9,11-13,15,22H,3-4,6-8H2,1-2H3,(H,19,25)(H,20,23,24)/t11-,12?,13?,15-/m1/s1. The fourth-order valence-electron chi connectivity index (χ4n) is 2.82. The second-order valence-electron chi connectivity index (χ2n) is 6.25. The molecule has 0 radical (unpaired) electrons. The first-order valence-electron chi connectivity index (χ1n) is 8.93. The maximum atomic E-state index is 12.2. The van der Waals surface area contributed by atoms with Crippen molar-refractivity contribution in [2.75, 3.05) is 19.8 Å². The summed E-state index contributed by atoms with van der Waals surface area (Å²) in [7, 11) is 0. The van der Waals surface area contributed by atoms with Crippen LogP contribution in [0.3, 0.4) is 0 Å². The first kappa shape index (κ1) is 21.6. The number of carbonyl (C=O) groups excluding carboxylic acids is 1. The van der Waals surface area contributed by atoms with Crippen molar-refractivity contribution in [1.82, 2.24) is 14.9 Å². The van der Waals surface area contributed by atoms with E-state index in [1.165, 1.54) is 10.8 Å². The van der Waals surface area contributed by atoms with E-state index in [1.807, 2.05) is 13.0 Å². The summed E-state index contributed by atoms with van der Waals surface area (Å²) in [6, 6.07) is 1.85. The Bertz CT molecular complexity index is 828. The number of nitrogens with zero attached hydrogens (tertiary/aromatic N) is 2. The maximum Gasteiger partial charge on any atom is 0.407 e. The molecule has 2 unspecified atom stereocenters. The number of carbonyl (C=O) groups is 1. The normalized spacial score (nSPS) is 23.9. The van der Waals surface area contributed by atoms with Crippen LogP contribution in [0.2, 0.25) is 0 Å². The van der Waals surface area contributed by atoms with Crippen molar-refractivity contribution in [2.24, 2.45) is 0 Å². The molecule has 11 nitrogen and oxygen atoms in total. The number of ether oxygens (including phenoxy) is 3. The SMILES string of the molecule is CC[C@H]1O[C@@H](n2cc(C)c(=O)[nH]c2=O)C(OCCNC(=O)OCCC#N)C1O. The molecule has 11 heteroatoms. The van der Waals surface area contributed by atoms with Gasteiger partial charge in [-0.1, -0.05) is 6.92 Å². The van der Waals surface area contributed by atoms with Gasteiger partial charge in [0.25, 0.3) is 5.56 Å². The van der Waals surface area contributed by atoms with E-state index in [0.717, 1.165) is 0 Å². The van der Waals surface area contributed by atoms with Crippen LogP contribution < -0.4 is 16.6 Å². The van der Waals surface area contributed by atoms with Gasteiger partial charge in [-0.15, -0.1) is 0 Å². The Morgan fingerprint density at radius 3 is 2.89 bits per heavy atom. The number of nitrogens with one attached hydrogen (secondary N) is 2. The molecule has 4 atom stereocenters. The number of alkyl carbamates (subject to hydrolysis) is 1. The van der Waals surface area contributed by atoms with Gasteiger partial charge in [0, 0.05) is 18.3 Å². The Hall–Kier alpha value is -2.68. The van der Waals surface area contributed by atoms with Crippen molar-refractivity contribution in [1.29, 1.82) is 5.26 Å². The third kappa shape index (κ3) is 5.19. The van der Waals surface area contributed by atoms with E-state index < -0.39 is 41.9 Å².